The molecule has 2 heterocycles. The normalized spacial score (nSPS) is 11.5. The van der Waals surface area contributed by atoms with E-state index in [0.717, 1.165) is 5.69 Å². The van der Waals surface area contributed by atoms with E-state index in [0.29, 0.717) is 28.2 Å². The van der Waals surface area contributed by atoms with Crippen LogP contribution in [0.5, 0.6) is 5.75 Å². The molecule has 0 bridgehead atoms. The lowest BCUT2D eigenvalue weighted by atomic mass is 10.2. The standard InChI is InChI=1S/C19H13F3N4O/c20-19(21,22)27-14-8-4-5-12(11-14)17-25-15-9-10-23-18(16(15)26-17)24-13-6-2-1-3-7-13/h1-11H,(H,23,24)(H,25,26). The van der Waals surface area contributed by atoms with Gasteiger partial charge >= 0.3 is 6.36 Å². The summed E-state index contributed by atoms with van der Waals surface area (Å²) in [6.07, 6.45) is -3.12. The van der Waals surface area contributed by atoms with Crippen LogP contribution in [0.3, 0.4) is 0 Å². The summed E-state index contributed by atoms with van der Waals surface area (Å²) in [7, 11) is 0. The van der Waals surface area contributed by atoms with E-state index >= 15 is 0 Å². The highest BCUT2D eigenvalue weighted by Gasteiger charge is 2.31. The fourth-order valence-corrected chi connectivity index (χ4v) is 2.66. The number of hydrogen-bond donors (Lipinski definition) is 2. The molecule has 0 radical (unpaired) electrons. The summed E-state index contributed by atoms with van der Waals surface area (Å²) in [4.78, 5) is 11.9. The van der Waals surface area contributed by atoms with Gasteiger partial charge in [0.2, 0.25) is 0 Å². The fraction of sp³-hybridized carbons (Fsp3) is 0.0526. The quantitative estimate of drug-likeness (QED) is 0.514. The highest BCUT2D eigenvalue weighted by molar-refractivity contribution is 5.89. The zero-order valence-corrected chi connectivity index (χ0v) is 13.8. The van der Waals surface area contributed by atoms with Crippen LogP contribution in [0.15, 0.2) is 66.9 Å². The first-order chi connectivity index (χ1) is 13.0. The topological polar surface area (TPSA) is 62.8 Å². The molecule has 5 nitrogen and oxygen atoms in total. The minimum atomic E-state index is -4.75. The summed E-state index contributed by atoms with van der Waals surface area (Å²) in [5.74, 6) is 0.659. The molecular formula is C19H13F3N4O. The van der Waals surface area contributed by atoms with Crippen molar-refractivity contribution in [2.75, 3.05) is 5.32 Å². The Labute approximate surface area is 151 Å². The summed E-state index contributed by atoms with van der Waals surface area (Å²) in [5, 5.41) is 3.19. The van der Waals surface area contributed by atoms with E-state index in [1.54, 1.807) is 18.3 Å². The molecule has 136 valence electrons. The summed E-state index contributed by atoms with van der Waals surface area (Å²) in [5.41, 5.74) is 2.61. The average Bonchev–Trinajstić information content (AvgIpc) is 3.07. The van der Waals surface area contributed by atoms with Crippen molar-refractivity contribution < 1.29 is 17.9 Å². The van der Waals surface area contributed by atoms with Crippen molar-refractivity contribution in [2.24, 2.45) is 0 Å². The first-order valence-electron chi connectivity index (χ1n) is 8.01. The van der Waals surface area contributed by atoms with Gasteiger partial charge in [-0.15, -0.1) is 13.2 Å². The Hall–Kier alpha value is -3.55. The Balaban J connectivity index is 1.70. The number of aromatic nitrogens is 3. The highest BCUT2D eigenvalue weighted by Crippen LogP contribution is 2.29. The first kappa shape index (κ1) is 16.9. The third kappa shape index (κ3) is 3.84. The molecule has 0 saturated carbocycles. The number of fused-ring (bicyclic) bond motifs is 1. The molecule has 0 fully saturated rings. The number of hydrogen-bond acceptors (Lipinski definition) is 4. The second-order valence-corrected chi connectivity index (χ2v) is 5.71. The van der Waals surface area contributed by atoms with E-state index in [9.17, 15) is 13.2 Å². The average molecular weight is 370 g/mol. The first-order valence-corrected chi connectivity index (χ1v) is 8.01. The van der Waals surface area contributed by atoms with Gasteiger partial charge < -0.3 is 15.0 Å². The number of pyridine rings is 1. The molecule has 4 aromatic rings. The molecule has 27 heavy (non-hydrogen) atoms. The molecule has 0 aliphatic rings. The highest BCUT2D eigenvalue weighted by atomic mass is 19.4. The van der Waals surface area contributed by atoms with Gasteiger partial charge in [-0.25, -0.2) is 9.97 Å². The van der Waals surface area contributed by atoms with Gasteiger partial charge in [0.25, 0.3) is 0 Å². The van der Waals surface area contributed by atoms with Crippen LogP contribution in [0.2, 0.25) is 0 Å². The maximum Gasteiger partial charge on any atom is 0.573 e. The van der Waals surface area contributed by atoms with E-state index in [-0.39, 0.29) is 5.75 Å². The number of halogens is 3. The molecule has 0 saturated heterocycles. The maximum absolute atomic E-state index is 12.4. The predicted molar refractivity (Wildman–Crippen MR) is 95.7 cm³/mol. The molecule has 2 aromatic carbocycles. The lowest BCUT2D eigenvalue weighted by Gasteiger charge is -2.09. The van der Waals surface area contributed by atoms with Crippen molar-refractivity contribution in [3.8, 4) is 17.1 Å². The van der Waals surface area contributed by atoms with Gasteiger partial charge in [0.1, 0.15) is 17.1 Å². The van der Waals surface area contributed by atoms with Gasteiger partial charge in [-0.3, -0.25) is 0 Å². The van der Waals surface area contributed by atoms with E-state index in [4.69, 9.17) is 0 Å². The third-order valence-electron chi connectivity index (χ3n) is 3.78. The molecule has 0 unspecified atom stereocenters. The zero-order chi connectivity index (χ0) is 18.9. The second-order valence-electron chi connectivity index (χ2n) is 5.71. The summed E-state index contributed by atoms with van der Waals surface area (Å²) >= 11 is 0. The predicted octanol–water partition coefficient (Wildman–Crippen LogP) is 5.27. The van der Waals surface area contributed by atoms with Crippen molar-refractivity contribution in [1.82, 2.24) is 15.0 Å². The Morgan fingerprint density at radius 2 is 1.78 bits per heavy atom. The minimum Gasteiger partial charge on any atom is -0.406 e. The molecule has 2 N–H and O–H groups in total. The molecule has 4 rings (SSSR count). The summed E-state index contributed by atoms with van der Waals surface area (Å²) in [6, 6.07) is 16.9. The molecule has 0 aliphatic heterocycles. The molecule has 0 spiro atoms. The fourth-order valence-electron chi connectivity index (χ4n) is 2.66. The number of alkyl halides is 3. The van der Waals surface area contributed by atoms with Gasteiger partial charge in [0.05, 0.1) is 5.52 Å². The van der Waals surface area contributed by atoms with Gasteiger partial charge in [0.15, 0.2) is 5.82 Å². The van der Waals surface area contributed by atoms with Crippen LogP contribution < -0.4 is 10.1 Å². The van der Waals surface area contributed by atoms with E-state index in [1.807, 2.05) is 30.3 Å². The molecule has 8 heteroatoms. The largest absolute Gasteiger partial charge is 0.573 e. The number of nitrogens with one attached hydrogen (secondary N) is 2. The second kappa shape index (κ2) is 6.64. The molecular weight excluding hydrogens is 357 g/mol. The van der Waals surface area contributed by atoms with Crippen LogP contribution in [0.25, 0.3) is 22.4 Å². The van der Waals surface area contributed by atoms with Crippen molar-refractivity contribution >= 4 is 22.5 Å². The maximum atomic E-state index is 12.4. The number of imidazole rings is 1. The van der Waals surface area contributed by atoms with Crippen LogP contribution in [-0.2, 0) is 0 Å². The van der Waals surface area contributed by atoms with Crippen molar-refractivity contribution in [1.29, 1.82) is 0 Å². The number of para-hydroxylation sites is 1. The zero-order valence-electron chi connectivity index (χ0n) is 13.8. The smallest absolute Gasteiger partial charge is 0.406 e. The molecule has 0 aliphatic carbocycles. The summed E-state index contributed by atoms with van der Waals surface area (Å²) < 4.78 is 41.3. The minimum absolute atomic E-state index is 0.304. The van der Waals surface area contributed by atoms with Crippen LogP contribution in [0, 0.1) is 0 Å². The third-order valence-corrected chi connectivity index (χ3v) is 3.78. The van der Waals surface area contributed by atoms with Crippen LogP contribution >= 0.6 is 0 Å². The van der Waals surface area contributed by atoms with Gasteiger partial charge in [-0.1, -0.05) is 30.3 Å². The Bertz CT molecular complexity index is 1080. The lowest BCUT2D eigenvalue weighted by Crippen LogP contribution is -2.17. The molecule has 0 atom stereocenters. The van der Waals surface area contributed by atoms with Crippen LogP contribution in [0.4, 0.5) is 24.7 Å². The Morgan fingerprint density at radius 3 is 2.56 bits per heavy atom. The van der Waals surface area contributed by atoms with Gasteiger partial charge in [0, 0.05) is 17.4 Å². The number of aromatic amines is 1. The monoisotopic (exact) mass is 370 g/mol. The van der Waals surface area contributed by atoms with Crippen LogP contribution in [-0.4, -0.2) is 21.3 Å². The van der Waals surface area contributed by atoms with E-state index in [1.165, 1.54) is 18.2 Å². The van der Waals surface area contributed by atoms with Crippen LogP contribution in [0.1, 0.15) is 0 Å². The lowest BCUT2D eigenvalue weighted by molar-refractivity contribution is -0.274. The van der Waals surface area contributed by atoms with Crippen molar-refractivity contribution in [3.63, 3.8) is 0 Å². The number of ether oxygens (including phenoxy) is 1. The number of nitrogens with zero attached hydrogens (tertiary/aromatic N) is 2. The number of rotatable bonds is 4. The summed E-state index contributed by atoms with van der Waals surface area (Å²) in [6.45, 7) is 0. The SMILES string of the molecule is FC(F)(F)Oc1cccc(-c2nc3c(Nc4ccccc4)nccc3[nH]2)c1. The Kier molecular flexibility index (Phi) is 4.15. The van der Waals surface area contributed by atoms with Crippen molar-refractivity contribution in [3.05, 3.63) is 66.9 Å². The molecule has 2 aromatic heterocycles. The van der Waals surface area contributed by atoms with E-state index < -0.39 is 6.36 Å². The number of benzene rings is 2. The van der Waals surface area contributed by atoms with Gasteiger partial charge in [-0.2, -0.15) is 0 Å². The Morgan fingerprint density at radius 1 is 0.963 bits per heavy atom. The van der Waals surface area contributed by atoms with Gasteiger partial charge in [-0.05, 0) is 30.3 Å². The number of anilines is 2. The van der Waals surface area contributed by atoms with E-state index in [2.05, 4.69) is 25.0 Å². The molecule has 0 amide bonds. The van der Waals surface area contributed by atoms with Crippen molar-refractivity contribution in [2.45, 2.75) is 6.36 Å². The number of H-pyrrole nitrogens is 1.